The molecule has 0 bridgehead atoms. The first-order valence-corrected chi connectivity index (χ1v) is 28.6. The van der Waals surface area contributed by atoms with E-state index in [0.29, 0.717) is 0 Å². The van der Waals surface area contributed by atoms with Crippen LogP contribution in [0.1, 0.15) is 44.5 Å². The van der Waals surface area contributed by atoms with E-state index < -0.39 is 10.8 Å². The molecule has 0 N–H and O–H groups in total. The van der Waals surface area contributed by atoms with E-state index in [0.717, 1.165) is 79.0 Å². The molecule has 3 nitrogen and oxygen atoms in total. The maximum absolute atomic E-state index is 6.73. The van der Waals surface area contributed by atoms with E-state index in [2.05, 4.69) is 314 Å². The van der Waals surface area contributed by atoms with Gasteiger partial charge in [0.25, 0.3) is 0 Å². The third-order valence-corrected chi connectivity index (χ3v) is 18.0. The van der Waals surface area contributed by atoms with Crippen molar-refractivity contribution < 1.29 is 9.47 Å². The van der Waals surface area contributed by atoms with E-state index in [4.69, 9.17) is 9.47 Å². The summed E-state index contributed by atoms with van der Waals surface area (Å²) in [6, 6.07) is 113. The average Bonchev–Trinajstić information content (AvgIpc) is 1.84. The summed E-state index contributed by atoms with van der Waals surface area (Å²) >= 11 is 0. The fourth-order valence-corrected chi connectivity index (χ4v) is 14.5. The van der Waals surface area contributed by atoms with Crippen LogP contribution in [0.3, 0.4) is 0 Å². The van der Waals surface area contributed by atoms with Crippen LogP contribution in [-0.2, 0) is 10.8 Å². The van der Waals surface area contributed by atoms with Gasteiger partial charge in [0.1, 0.15) is 23.0 Å². The minimum Gasteiger partial charge on any atom is -0.457 e. The predicted octanol–water partition coefficient (Wildman–Crippen LogP) is 20.8. The quantitative estimate of drug-likeness (QED) is 0.159. The van der Waals surface area contributed by atoms with E-state index in [9.17, 15) is 0 Å². The van der Waals surface area contributed by atoms with E-state index in [1.54, 1.807) is 0 Å². The molecule has 0 saturated carbocycles. The zero-order valence-electron chi connectivity index (χ0n) is 45.2. The second kappa shape index (κ2) is 18.4. The van der Waals surface area contributed by atoms with Crippen molar-refractivity contribution in [2.24, 2.45) is 0 Å². The maximum Gasteiger partial charge on any atom is 0.132 e. The van der Waals surface area contributed by atoms with Gasteiger partial charge < -0.3 is 14.4 Å². The zero-order chi connectivity index (χ0) is 54.6. The van der Waals surface area contributed by atoms with Gasteiger partial charge >= 0.3 is 0 Å². The van der Waals surface area contributed by atoms with Crippen molar-refractivity contribution in [1.29, 1.82) is 0 Å². The van der Waals surface area contributed by atoms with Gasteiger partial charge in [-0.05, 0) is 156 Å². The number of para-hydroxylation sites is 5. The first kappa shape index (κ1) is 47.1. The minimum atomic E-state index is -0.592. The molecule has 0 atom stereocenters. The number of fused-ring (bicyclic) bond motifs is 18. The molecule has 4 aliphatic rings. The topological polar surface area (TPSA) is 21.7 Å². The first-order chi connectivity index (χ1) is 41.1. The lowest BCUT2D eigenvalue weighted by Gasteiger charge is -2.39. The standard InChI is InChI=1S/C80H51NO2/c1-2-19-52(20-3-1)55-21-18-22-56(49-55)53-37-43-59(44-38-53)81(60-45-39-54(40-46-60)57-42-48-68-65(50-57)63-25-5-8-27-67(63)79(68)69-28-9-14-33-75(69)82-76-34-15-10-29-70(76)79)74-32-13-6-23-61(74)58-41-47-64-62-24-4-7-26-66(62)80(73(64)51-58)71-30-11-16-35-77(71)83-78-36-17-12-31-72(78)80/h1-51H. The molecule has 0 amide bonds. The largest absolute Gasteiger partial charge is 0.457 e. The van der Waals surface area contributed by atoms with Gasteiger partial charge in [-0.25, -0.2) is 0 Å². The molecule has 17 rings (SSSR count). The highest BCUT2D eigenvalue weighted by Crippen LogP contribution is 2.64. The summed E-state index contributed by atoms with van der Waals surface area (Å²) < 4.78 is 13.4. The Labute approximate surface area is 483 Å². The van der Waals surface area contributed by atoms with Gasteiger partial charge in [-0.2, -0.15) is 0 Å². The van der Waals surface area contributed by atoms with E-state index >= 15 is 0 Å². The molecular formula is C80H51NO2. The number of hydrogen-bond acceptors (Lipinski definition) is 3. The second-order valence-corrected chi connectivity index (χ2v) is 22.2. The van der Waals surface area contributed by atoms with Crippen LogP contribution in [0.5, 0.6) is 23.0 Å². The Morgan fingerprint density at radius 1 is 0.205 bits per heavy atom. The fourth-order valence-electron chi connectivity index (χ4n) is 14.5. The van der Waals surface area contributed by atoms with E-state index in [-0.39, 0.29) is 0 Å². The monoisotopic (exact) mass is 1060 g/mol. The van der Waals surface area contributed by atoms with Gasteiger partial charge in [0, 0.05) is 39.2 Å². The summed E-state index contributed by atoms with van der Waals surface area (Å²) in [6.07, 6.45) is 0. The number of ether oxygens (including phenoxy) is 2. The van der Waals surface area contributed by atoms with Crippen molar-refractivity contribution in [3.8, 4) is 89.8 Å². The number of nitrogens with zero attached hydrogens (tertiary/aromatic N) is 1. The third-order valence-electron chi connectivity index (χ3n) is 18.0. The van der Waals surface area contributed by atoms with Crippen molar-refractivity contribution >= 4 is 17.1 Å². The van der Waals surface area contributed by atoms with Crippen LogP contribution in [-0.4, -0.2) is 0 Å². The number of hydrogen-bond donors (Lipinski definition) is 0. The van der Waals surface area contributed by atoms with Gasteiger partial charge in [0.15, 0.2) is 0 Å². The van der Waals surface area contributed by atoms with E-state index in [1.165, 1.54) is 72.3 Å². The molecule has 388 valence electrons. The molecule has 2 spiro atoms. The van der Waals surface area contributed by atoms with Crippen LogP contribution in [0.2, 0.25) is 0 Å². The molecule has 13 aromatic carbocycles. The van der Waals surface area contributed by atoms with Crippen molar-refractivity contribution in [2.45, 2.75) is 10.8 Å². The predicted molar refractivity (Wildman–Crippen MR) is 338 cm³/mol. The zero-order valence-corrected chi connectivity index (χ0v) is 45.2. The summed E-state index contributed by atoms with van der Waals surface area (Å²) in [6.45, 7) is 0. The second-order valence-electron chi connectivity index (χ2n) is 22.2. The molecule has 0 saturated heterocycles. The summed E-state index contributed by atoms with van der Waals surface area (Å²) in [7, 11) is 0. The first-order valence-electron chi connectivity index (χ1n) is 28.6. The smallest absolute Gasteiger partial charge is 0.132 e. The number of rotatable bonds is 7. The Morgan fingerprint density at radius 2 is 0.566 bits per heavy atom. The molecule has 2 aliphatic carbocycles. The highest BCUT2D eigenvalue weighted by atomic mass is 16.5. The Bertz CT molecular complexity index is 4660. The lowest BCUT2D eigenvalue weighted by atomic mass is 9.66. The molecule has 0 aromatic heterocycles. The van der Waals surface area contributed by atoms with Gasteiger partial charge in [-0.1, -0.05) is 237 Å². The Kier molecular flexibility index (Phi) is 10.4. The summed E-state index contributed by atoms with van der Waals surface area (Å²) in [4.78, 5) is 2.43. The van der Waals surface area contributed by atoms with Gasteiger partial charge in [0.2, 0.25) is 0 Å². The Hall–Kier alpha value is -10.7. The molecular weight excluding hydrogens is 1010 g/mol. The number of anilines is 3. The molecule has 0 fully saturated rings. The molecule has 0 radical (unpaired) electrons. The Morgan fingerprint density at radius 3 is 1.11 bits per heavy atom. The molecule has 83 heavy (non-hydrogen) atoms. The molecule has 13 aromatic rings. The highest BCUT2D eigenvalue weighted by molar-refractivity contribution is 5.95. The van der Waals surface area contributed by atoms with Gasteiger partial charge in [-0.3, -0.25) is 0 Å². The summed E-state index contributed by atoms with van der Waals surface area (Å²) in [5, 5.41) is 0. The molecule has 0 unspecified atom stereocenters. The van der Waals surface area contributed by atoms with Gasteiger partial charge in [0.05, 0.1) is 16.5 Å². The SMILES string of the molecule is c1ccc(-c2cccc(-c3ccc(N(c4ccc(-c5ccc6c(c5)-c5ccccc5C65c6ccccc6Oc6ccccc65)cc4)c4ccccc4-c4ccc5c(c4)C4(c6ccccc6Oc6ccccc64)c4ccccc4-5)cc3)c2)cc1. The number of benzene rings is 13. The van der Waals surface area contributed by atoms with Crippen LogP contribution in [0.4, 0.5) is 17.1 Å². The third kappa shape index (κ3) is 6.92. The van der Waals surface area contributed by atoms with Crippen LogP contribution in [0.15, 0.2) is 309 Å². The molecule has 3 heteroatoms. The minimum absolute atomic E-state index is 0.517. The van der Waals surface area contributed by atoms with Gasteiger partial charge in [-0.15, -0.1) is 0 Å². The summed E-state index contributed by atoms with van der Waals surface area (Å²) in [5.41, 5.74) is 26.0. The summed E-state index contributed by atoms with van der Waals surface area (Å²) in [5.74, 6) is 3.56. The Balaban J connectivity index is 0.810. The van der Waals surface area contributed by atoms with Crippen molar-refractivity contribution in [3.63, 3.8) is 0 Å². The van der Waals surface area contributed by atoms with Crippen LogP contribution < -0.4 is 14.4 Å². The average molecular weight is 1060 g/mol. The normalized spacial score (nSPS) is 13.7. The lowest BCUT2D eigenvalue weighted by molar-refractivity contribution is 0.436. The van der Waals surface area contributed by atoms with Crippen LogP contribution in [0.25, 0.3) is 66.8 Å². The van der Waals surface area contributed by atoms with E-state index in [1.807, 2.05) is 0 Å². The highest BCUT2D eigenvalue weighted by Gasteiger charge is 2.52. The maximum atomic E-state index is 6.73. The van der Waals surface area contributed by atoms with Crippen molar-refractivity contribution in [2.75, 3.05) is 4.90 Å². The lowest BCUT2D eigenvalue weighted by Crippen LogP contribution is -2.32. The van der Waals surface area contributed by atoms with Crippen molar-refractivity contribution in [3.05, 3.63) is 354 Å². The molecule has 2 aliphatic heterocycles. The van der Waals surface area contributed by atoms with Crippen molar-refractivity contribution in [1.82, 2.24) is 0 Å². The fraction of sp³-hybridized carbons (Fsp3) is 0.0250. The molecule has 2 heterocycles. The van der Waals surface area contributed by atoms with Crippen LogP contribution in [0, 0.1) is 0 Å². The van der Waals surface area contributed by atoms with Crippen LogP contribution >= 0.6 is 0 Å².